The van der Waals surface area contributed by atoms with E-state index in [1.54, 1.807) is 12.4 Å². The van der Waals surface area contributed by atoms with E-state index in [1.165, 1.54) is 12.8 Å². The summed E-state index contributed by atoms with van der Waals surface area (Å²) in [5.41, 5.74) is 1.09. The number of amides is 2. The van der Waals surface area contributed by atoms with Crippen LogP contribution in [0.25, 0.3) is 0 Å². The number of hydrogen-bond donors (Lipinski definition) is 2. The molecule has 2 saturated heterocycles. The zero-order valence-corrected chi connectivity index (χ0v) is 12.4. The minimum Gasteiger partial charge on any atom is -0.334 e. The van der Waals surface area contributed by atoms with Crippen LogP contribution >= 0.6 is 0 Å². The molecule has 5 heteroatoms. The molecule has 1 aromatic rings. The average molecular weight is 288 g/mol. The molecule has 0 radical (unpaired) electrons. The van der Waals surface area contributed by atoms with Crippen molar-refractivity contribution in [2.24, 2.45) is 11.8 Å². The zero-order valence-electron chi connectivity index (χ0n) is 12.4. The maximum atomic E-state index is 12.3. The highest BCUT2D eigenvalue weighted by Crippen LogP contribution is 2.27. The van der Waals surface area contributed by atoms with Crippen molar-refractivity contribution in [3.05, 3.63) is 30.1 Å². The number of likely N-dealkylation sites (tertiary alicyclic amines) is 1. The van der Waals surface area contributed by atoms with Gasteiger partial charge in [-0.2, -0.15) is 0 Å². The molecule has 2 aliphatic heterocycles. The van der Waals surface area contributed by atoms with E-state index in [9.17, 15) is 4.79 Å². The standard InChI is InChI=1S/C16H24N4O/c21-16(19-10-13-3-6-17-7-4-13)20-9-1-2-15(12-20)14-5-8-18-11-14/h3-4,6-7,14-15,18H,1-2,5,8-12H2,(H,19,21). The van der Waals surface area contributed by atoms with Crippen LogP contribution in [0.4, 0.5) is 4.79 Å². The first-order valence-corrected chi connectivity index (χ1v) is 7.95. The van der Waals surface area contributed by atoms with E-state index in [0.717, 1.165) is 44.1 Å². The van der Waals surface area contributed by atoms with Crippen LogP contribution in [0.2, 0.25) is 0 Å². The third-order valence-electron chi connectivity index (χ3n) is 4.70. The van der Waals surface area contributed by atoms with Gasteiger partial charge in [-0.3, -0.25) is 4.98 Å². The summed E-state index contributed by atoms with van der Waals surface area (Å²) in [6.07, 6.45) is 7.17. The Morgan fingerprint density at radius 2 is 2.19 bits per heavy atom. The molecule has 5 nitrogen and oxygen atoms in total. The quantitative estimate of drug-likeness (QED) is 0.888. The van der Waals surface area contributed by atoms with Crippen molar-refractivity contribution in [3.63, 3.8) is 0 Å². The second kappa shape index (κ2) is 6.89. The molecule has 0 bridgehead atoms. The van der Waals surface area contributed by atoms with Gasteiger partial charge in [-0.1, -0.05) is 0 Å². The smallest absolute Gasteiger partial charge is 0.317 e. The van der Waals surface area contributed by atoms with Crippen molar-refractivity contribution in [1.29, 1.82) is 0 Å². The van der Waals surface area contributed by atoms with E-state index in [0.29, 0.717) is 12.5 Å². The Labute approximate surface area is 126 Å². The summed E-state index contributed by atoms with van der Waals surface area (Å²) in [7, 11) is 0. The molecule has 2 N–H and O–H groups in total. The molecule has 114 valence electrons. The first kappa shape index (κ1) is 14.3. The van der Waals surface area contributed by atoms with Crippen molar-refractivity contribution in [1.82, 2.24) is 20.5 Å². The molecule has 3 rings (SSSR count). The fraction of sp³-hybridized carbons (Fsp3) is 0.625. The van der Waals surface area contributed by atoms with Gasteiger partial charge in [0, 0.05) is 32.0 Å². The number of hydrogen-bond acceptors (Lipinski definition) is 3. The summed E-state index contributed by atoms with van der Waals surface area (Å²) in [5, 5.41) is 6.46. The lowest BCUT2D eigenvalue weighted by molar-refractivity contribution is 0.145. The minimum atomic E-state index is 0.0717. The summed E-state index contributed by atoms with van der Waals surface area (Å²) in [6.45, 7) is 4.63. The SMILES string of the molecule is O=C(NCc1ccncc1)N1CCCC(C2CCNC2)C1. The Kier molecular flexibility index (Phi) is 4.70. The summed E-state index contributed by atoms with van der Waals surface area (Å²) in [6, 6.07) is 3.94. The fourth-order valence-electron chi connectivity index (χ4n) is 3.45. The molecule has 0 saturated carbocycles. The monoisotopic (exact) mass is 288 g/mol. The Morgan fingerprint density at radius 1 is 1.33 bits per heavy atom. The first-order valence-electron chi connectivity index (χ1n) is 7.95. The zero-order chi connectivity index (χ0) is 14.5. The fourth-order valence-corrected chi connectivity index (χ4v) is 3.45. The topological polar surface area (TPSA) is 57.3 Å². The first-order chi connectivity index (χ1) is 10.3. The normalized spacial score (nSPS) is 25.8. The number of nitrogens with one attached hydrogen (secondary N) is 2. The second-order valence-electron chi connectivity index (χ2n) is 6.12. The third-order valence-corrected chi connectivity index (χ3v) is 4.70. The summed E-state index contributed by atoms with van der Waals surface area (Å²) in [5.74, 6) is 1.42. The van der Waals surface area contributed by atoms with Crippen LogP contribution in [-0.2, 0) is 6.54 Å². The molecule has 2 fully saturated rings. The van der Waals surface area contributed by atoms with Gasteiger partial charge in [-0.25, -0.2) is 4.79 Å². The van der Waals surface area contributed by atoms with Crippen molar-refractivity contribution in [3.8, 4) is 0 Å². The van der Waals surface area contributed by atoms with Crippen LogP contribution in [0, 0.1) is 11.8 Å². The number of carbonyl (C=O) groups excluding carboxylic acids is 1. The van der Waals surface area contributed by atoms with Crippen molar-refractivity contribution in [2.75, 3.05) is 26.2 Å². The van der Waals surface area contributed by atoms with Crippen molar-refractivity contribution in [2.45, 2.75) is 25.8 Å². The molecule has 2 amide bonds. The van der Waals surface area contributed by atoms with Gasteiger partial charge in [0.1, 0.15) is 0 Å². The van der Waals surface area contributed by atoms with E-state index in [1.807, 2.05) is 17.0 Å². The van der Waals surface area contributed by atoms with Gasteiger partial charge in [-0.05, 0) is 61.9 Å². The molecule has 1 aromatic heterocycles. The molecule has 2 aliphatic rings. The third kappa shape index (κ3) is 3.73. The molecule has 3 heterocycles. The van der Waals surface area contributed by atoms with Gasteiger partial charge >= 0.3 is 6.03 Å². The minimum absolute atomic E-state index is 0.0717. The Morgan fingerprint density at radius 3 is 2.95 bits per heavy atom. The number of pyridine rings is 1. The molecular formula is C16H24N4O. The number of carbonyl (C=O) groups is 1. The maximum absolute atomic E-state index is 12.3. The van der Waals surface area contributed by atoms with E-state index in [2.05, 4.69) is 15.6 Å². The van der Waals surface area contributed by atoms with Gasteiger partial charge in [-0.15, -0.1) is 0 Å². The van der Waals surface area contributed by atoms with Gasteiger partial charge < -0.3 is 15.5 Å². The second-order valence-corrected chi connectivity index (χ2v) is 6.12. The molecule has 21 heavy (non-hydrogen) atoms. The van der Waals surface area contributed by atoms with Crippen LogP contribution in [0.3, 0.4) is 0 Å². The predicted molar refractivity (Wildman–Crippen MR) is 81.7 cm³/mol. The van der Waals surface area contributed by atoms with Gasteiger partial charge in [0.05, 0.1) is 0 Å². The molecular weight excluding hydrogens is 264 g/mol. The van der Waals surface area contributed by atoms with E-state index in [-0.39, 0.29) is 6.03 Å². The number of piperidine rings is 1. The van der Waals surface area contributed by atoms with E-state index in [4.69, 9.17) is 0 Å². The Hall–Kier alpha value is -1.62. The van der Waals surface area contributed by atoms with Crippen molar-refractivity contribution < 1.29 is 4.79 Å². The number of nitrogens with zero attached hydrogens (tertiary/aromatic N) is 2. The van der Waals surface area contributed by atoms with E-state index >= 15 is 0 Å². The molecule has 2 unspecified atom stereocenters. The highest BCUT2D eigenvalue weighted by molar-refractivity contribution is 5.74. The lowest BCUT2D eigenvalue weighted by Crippen LogP contribution is -2.46. The van der Waals surface area contributed by atoms with E-state index < -0.39 is 0 Å². The maximum Gasteiger partial charge on any atom is 0.317 e. The highest BCUT2D eigenvalue weighted by atomic mass is 16.2. The summed E-state index contributed by atoms with van der Waals surface area (Å²) in [4.78, 5) is 18.3. The lowest BCUT2D eigenvalue weighted by atomic mass is 9.85. The summed E-state index contributed by atoms with van der Waals surface area (Å²) < 4.78 is 0. The average Bonchev–Trinajstić information content (AvgIpc) is 3.08. The number of urea groups is 1. The van der Waals surface area contributed by atoms with Gasteiger partial charge in [0.2, 0.25) is 0 Å². The van der Waals surface area contributed by atoms with Crippen molar-refractivity contribution >= 4 is 6.03 Å². The largest absolute Gasteiger partial charge is 0.334 e. The van der Waals surface area contributed by atoms with Crippen LogP contribution < -0.4 is 10.6 Å². The van der Waals surface area contributed by atoms with Crippen LogP contribution in [0.1, 0.15) is 24.8 Å². The van der Waals surface area contributed by atoms with Crippen LogP contribution in [-0.4, -0.2) is 42.1 Å². The molecule has 0 aromatic carbocycles. The van der Waals surface area contributed by atoms with Crippen LogP contribution in [0.15, 0.2) is 24.5 Å². The Balaban J connectivity index is 1.49. The number of aromatic nitrogens is 1. The number of rotatable bonds is 3. The Bertz CT molecular complexity index is 459. The van der Waals surface area contributed by atoms with Gasteiger partial charge in [0.25, 0.3) is 0 Å². The van der Waals surface area contributed by atoms with Gasteiger partial charge in [0.15, 0.2) is 0 Å². The molecule has 0 aliphatic carbocycles. The van der Waals surface area contributed by atoms with Crippen LogP contribution in [0.5, 0.6) is 0 Å². The molecule has 0 spiro atoms. The summed E-state index contributed by atoms with van der Waals surface area (Å²) >= 11 is 0. The highest BCUT2D eigenvalue weighted by Gasteiger charge is 2.30. The lowest BCUT2D eigenvalue weighted by Gasteiger charge is -2.35. The molecule has 2 atom stereocenters. The predicted octanol–water partition coefficient (Wildman–Crippen LogP) is 1.61.